The van der Waals surface area contributed by atoms with E-state index in [2.05, 4.69) is 16.3 Å². The third-order valence-electron chi connectivity index (χ3n) is 5.67. The number of non-ortho nitro benzene ring substituents is 1. The second kappa shape index (κ2) is 5.97. The largest absolute Gasteiger partial charge is 0.278 e. The molecular weight excluding hydrogens is 366 g/mol. The molecule has 0 radical (unpaired) electrons. The van der Waals surface area contributed by atoms with Crippen molar-refractivity contribution >= 4 is 28.8 Å². The van der Waals surface area contributed by atoms with Gasteiger partial charge in [0.25, 0.3) is 17.5 Å². The van der Waals surface area contributed by atoms with Gasteiger partial charge in [0.15, 0.2) is 0 Å². The van der Waals surface area contributed by atoms with E-state index in [0.29, 0.717) is 5.92 Å². The first kappa shape index (κ1) is 16.6. The number of nitro benzene ring substituents is 1. The maximum absolute atomic E-state index is 12.8. The number of nitrogens with zero attached hydrogens (tertiary/aromatic N) is 3. The molecule has 0 N–H and O–H groups in total. The van der Waals surface area contributed by atoms with Gasteiger partial charge in [-0.15, -0.1) is 11.3 Å². The SMILES string of the molecule is O=C1c2ccc([N+](=O)[O-])cc2C(=O)N1CN1CCc2sccc2[C@@H]1C1CC1. The van der Waals surface area contributed by atoms with Crippen LogP contribution >= 0.6 is 11.3 Å². The van der Waals surface area contributed by atoms with Crippen molar-refractivity contribution in [2.24, 2.45) is 5.92 Å². The summed E-state index contributed by atoms with van der Waals surface area (Å²) in [5.41, 5.74) is 1.54. The zero-order valence-electron chi connectivity index (χ0n) is 14.5. The van der Waals surface area contributed by atoms with Crippen LogP contribution in [0.1, 0.15) is 50.0 Å². The smallest absolute Gasteiger partial charge is 0.270 e. The van der Waals surface area contributed by atoms with Gasteiger partial charge in [-0.1, -0.05) is 0 Å². The van der Waals surface area contributed by atoms with Crippen LogP contribution in [0.4, 0.5) is 5.69 Å². The Morgan fingerprint density at radius 3 is 2.67 bits per heavy atom. The predicted octanol–water partition coefficient (Wildman–Crippen LogP) is 3.22. The van der Waals surface area contributed by atoms with Crippen LogP contribution in [0, 0.1) is 16.0 Å². The second-order valence-electron chi connectivity index (χ2n) is 7.31. The fourth-order valence-corrected chi connectivity index (χ4v) is 5.14. The molecule has 2 amide bonds. The van der Waals surface area contributed by atoms with Crippen molar-refractivity contribution in [2.75, 3.05) is 13.2 Å². The van der Waals surface area contributed by atoms with Crippen molar-refractivity contribution in [1.82, 2.24) is 9.80 Å². The van der Waals surface area contributed by atoms with Crippen LogP contribution in [0.25, 0.3) is 0 Å². The van der Waals surface area contributed by atoms with Crippen LogP contribution in [-0.2, 0) is 6.42 Å². The van der Waals surface area contributed by atoms with E-state index < -0.39 is 10.8 Å². The zero-order valence-corrected chi connectivity index (χ0v) is 15.3. The van der Waals surface area contributed by atoms with E-state index in [1.807, 2.05) is 0 Å². The number of hydrogen-bond donors (Lipinski definition) is 0. The first-order valence-corrected chi connectivity index (χ1v) is 9.87. The quantitative estimate of drug-likeness (QED) is 0.460. The van der Waals surface area contributed by atoms with Gasteiger partial charge >= 0.3 is 0 Å². The lowest BCUT2D eigenvalue weighted by Crippen LogP contribution is -2.45. The minimum atomic E-state index is -0.549. The summed E-state index contributed by atoms with van der Waals surface area (Å²) < 4.78 is 0. The molecule has 5 rings (SSSR count). The highest BCUT2D eigenvalue weighted by molar-refractivity contribution is 7.10. The highest BCUT2D eigenvalue weighted by Gasteiger charge is 2.43. The Balaban J connectivity index is 1.43. The van der Waals surface area contributed by atoms with Gasteiger partial charge in [-0.3, -0.25) is 29.5 Å². The summed E-state index contributed by atoms with van der Waals surface area (Å²) in [6.07, 6.45) is 3.26. The maximum atomic E-state index is 12.8. The molecule has 1 aromatic carbocycles. The summed E-state index contributed by atoms with van der Waals surface area (Å²) in [6, 6.07) is 6.29. The molecule has 0 saturated heterocycles. The molecule has 138 valence electrons. The van der Waals surface area contributed by atoms with Crippen LogP contribution in [-0.4, -0.2) is 39.8 Å². The summed E-state index contributed by atoms with van der Waals surface area (Å²) in [6.45, 7) is 1.04. The standard InChI is InChI=1S/C19H17N3O4S/c23-18-13-4-3-12(22(25)26)9-15(13)19(24)21(18)10-20-7-5-16-14(6-8-27-16)17(20)11-1-2-11/h3-4,6,8-9,11,17H,1-2,5,7,10H2/t17-/m0/s1. The minimum Gasteiger partial charge on any atom is -0.278 e. The Morgan fingerprint density at radius 1 is 1.15 bits per heavy atom. The van der Waals surface area contributed by atoms with Crippen molar-refractivity contribution in [3.63, 3.8) is 0 Å². The number of hydrogen-bond acceptors (Lipinski definition) is 6. The van der Waals surface area contributed by atoms with Crippen LogP contribution in [0.5, 0.6) is 0 Å². The molecule has 0 bridgehead atoms. The molecule has 2 aliphatic heterocycles. The lowest BCUT2D eigenvalue weighted by molar-refractivity contribution is -0.384. The Bertz CT molecular complexity index is 981. The van der Waals surface area contributed by atoms with Crippen molar-refractivity contribution in [3.8, 4) is 0 Å². The van der Waals surface area contributed by atoms with Crippen molar-refractivity contribution in [3.05, 3.63) is 61.3 Å². The highest BCUT2D eigenvalue weighted by Crippen LogP contribution is 2.48. The molecule has 7 nitrogen and oxygen atoms in total. The van der Waals surface area contributed by atoms with E-state index >= 15 is 0 Å². The molecule has 1 fully saturated rings. The van der Waals surface area contributed by atoms with Gasteiger partial charge < -0.3 is 0 Å². The average Bonchev–Trinajstić information content (AvgIpc) is 3.34. The maximum Gasteiger partial charge on any atom is 0.270 e. The molecule has 1 aromatic heterocycles. The van der Waals surface area contributed by atoms with Crippen LogP contribution < -0.4 is 0 Å². The predicted molar refractivity (Wildman–Crippen MR) is 98.7 cm³/mol. The monoisotopic (exact) mass is 383 g/mol. The van der Waals surface area contributed by atoms with Gasteiger partial charge in [0, 0.05) is 29.6 Å². The van der Waals surface area contributed by atoms with Gasteiger partial charge in [0.2, 0.25) is 0 Å². The molecular formula is C19H17N3O4S. The minimum absolute atomic E-state index is 0.130. The van der Waals surface area contributed by atoms with E-state index in [9.17, 15) is 19.7 Å². The molecule has 1 saturated carbocycles. The Morgan fingerprint density at radius 2 is 1.93 bits per heavy atom. The summed E-state index contributed by atoms with van der Waals surface area (Å²) >= 11 is 1.78. The van der Waals surface area contributed by atoms with E-state index in [-0.39, 0.29) is 35.4 Å². The molecule has 8 heteroatoms. The van der Waals surface area contributed by atoms with Crippen LogP contribution in [0.15, 0.2) is 29.6 Å². The van der Waals surface area contributed by atoms with Crippen LogP contribution in [0.3, 0.4) is 0 Å². The van der Waals surface area contributed by atoms with E-state index in [1.54, 1.807) is 11.3 Å². The zero-order chi connectivity index (χ0) is 18.7. The number of benzene rings is 1. The number of fused-ring (bicyclic) bond motifs is 2. The summed E-state index contributed by atoms with van der Waals surface area (Å²) in [4.78, 5) is 40.9. The average molecular weight is 383 g/mol. The van der Waals surface area contributed by atoms with E-state index in [1.165, 1.54) is 46.4 Å². The molecule has 3 heterocycles. The Labute approximate surface area is 159 Å². The van der Waals surface area contributed by atoms with Crippen molar-refractivity contribution in [2.45, 2.75) is 25.3 Å². The number of nitro groups is 1. The van der Waals surface area contributed by atoms with Crippen LogP contribution in [0.2, 0.25) is 0 Å². The third-order valence-corrected chi connectivity index (χ3v) is 6.67. The first-order valence-electron chi connectivity index (χ1n) is 8.99. The molecule has 1 atom stereocenters. The number of rotatable bonds is 4. The number of imide groups is 1. The fraction of sp³-hybridized carbons (Fsp3) is 0.368. The summed E-state index contributed by atoms with van der Waals surface area (Å²) in [7, 11) is 0. The van der Waals surface area contributed by atoms with Crippen molar-refractivity contribution in [1.29, 1.82) is 0 Å². The molecule has 1 aliphatic carbocycles. The van der Waals surface area contributed by atoms with Gasteiger partial charge in [-0.25, -0.2) is 0 Å². The molecule has 3 aliphatic rings. The summed E-state index contributed by atoms with van der Waals surface area (Å²) in [5, 5.41) is 13.1. The number of amides is 2. The molecule has 2 aromatic rings. The van der Waals surface area contributed by atoms with E-state index in [0.717, 1.165) is 13.0 Å². The Kier molecular flexibility index (Phi) is 3.66. The first-order chi connectivity index (χ1) is 13.0. The molecule has 27 heavy (non-hydrogen) atoms. The third kappa shape index (κ3) is 2.59. The van der Waals surface area contributed by atoms with E-state index in [4.69, 9.17) is 0 Å². The number of thiophene rings is 1. The number of carbonyl (C=O) groups is 2. The normalized spacial score (nSPS) is 22.1. The van der Waals surface area contributed by atoms with Gasteiger partial charge in [0.05, 0.1) is 22.7 Å². The summed E-state index contributed by atoms with van der Waals surface area (Å²) in [5.74, 6) is -0.227. The molecule has 0 unspecified atom stereocenters. The fourth-order valence-electron chi connectivity index (χ4n) is 4.22. The van der Waals surface area contributed by atoms with Crippen molar-refractivity contribution < 1.29 is 14.5 Å². The van der Waals surface area contributed by atoms with Gasteiger partial charge in [-0.2, -0.15) is 0 Å². The Hall–Kier alpha value is -2.58. The second-order valence-corrected chi connectivity index (χ2v) is 8.31. The molecule has 0 spiro atoms. The lowest BCUT2D eigenvalue weighted by atomic mass is 9.96. The lowest BCUT2D eigenvalue weighted by Gasteiger charge is -2.37. The topological polar surface area (TPSA) is 83.8 Å². The highest BCUT2D eigenvalue weighted by atomic mass is 32.1. The number of carbonyl (C=O) groups excluding carboxylic acids is 2. The van der Waals surface area contributed by atoms with Gasteiger partial charge in [-0.05, 0) is 48.3 Å². The van der Waals surface area contributed by atoms with Gasteiger partial charge in [0.1, 0.15) is 0 Å².